The lowest BCUT2D eigenvalue weighted by molar-refractivity contribution is 0.0730. The summed E-state index contributed by atoms with van der Waals surface area (Å²) in [6.07, 6.45) is 0.790. The van der Waals surface area contributed by atoms with Crippen LogP contribution in [0.4, 0.5) is 0 Å². The number of para-hydroxylation sites is 1. The normalized spacial score (nSPS) is 13.2. The van der Waals surface area contributed by atoms with E-state index in [0.29, 0.717) is 36.8 Å². The van der Waals surface area contributed by atoms with E-state index in [9.17, 15) is 4.79 Å². The van der Waals surface area contributed by atoms with Crippen molar-refractivity contribution < 1.29 is 19.0 Å². The minimum Gasteiger partial charge on any atom is -0.493 e. The van der Waals surface area contributed by atoms with Crippen molar-refractivity contribution >= 4 is 5.91 Å². The highest BCUT2D eigenvalue weighted by molar-refractivity contribution is 5.97. The van der Waals surface area contributed by atoms with E-state index in [1.807, 2.05) is 48.2 Å². The fourth-order valence-corrected chi connectivity index (χ4v) is 3.15. The standard InChI is InChI=1S/C20H23NO4/c1-4-25-17-8-6-5-7-16(17)20(22)21-10-9-14-11-18(23-2)19(24-3)12-15(14)13-21/h5-8,11-12H,4,9-10,13H2,1-3H3. The largest absolute Gasteiger partial charge is 0.493 e. The highest BCUT2D eigenvalue weighted by Crippen LogP contribution is 2.34. The van der Waals surface area contributed by atoms with Crippen LogP contribution < -0.4 is 14.2 Å². The number of carbonyl (C=O) groups is 1. The van der Waals surface area contributed by atoms with Gasteiger partial charge in [0.1, 0.15) is 5.75 Å². The fourth-order valence-electron chi connectivity index (χ4n) is 3.15. The Kier molecular flexibility index (Phi) is 5.12. The van der Waals surface area contributed by atoms with Crippen LogP contribution in [0.2, 0.25) is 0 Å². The molecule has 0 aromatic heterocycles. The molecular weight excluding hydrogens is 318 g/mol. The number of fused-ring (bicyclic) bond motifs is 1. The molecule has 25 heavy (non-hydrogen) atoms. The van der Waals surface area contributed by atoms with E-state index in [1.54, 1.807) is 14.2 Å². The van der Waals surface area contributed by atoms with E-state index < -0.39 is 0 Å². The molecule has 0 spiro atoms. The number of hydrogen-bond acceptors (Lipinski definition) is 4. The van der Waals surface area contributed by atoms with Crippen LogP contribution in [-0.2, 0) is 13.0 Å². The molecule has 3 rings (SSSR count). The second-order valence-electron chi connectivity index (χ2n) is 5.88. The molecule has 0 saturated carbocycles. The summed E-state index contributed by atoms with van der Waals surface area (Å²) in [6, 6.07) is 11.4. The number of ether oxygens (including phenoxy) is 3. The van der Waals surface area contributed by atoms with Gasteiger partial charge in [-0.15, -0.1) is 0 Å². The summed E-state index contributed by atoms with van der Waals surface area (Å²) in [5.74, 6) is 2.03. The van der Waals surface area contributed by atoms with Crippen molar-refractivity contribution in [3.05, 3.63) is 53.1 Å². The van der Waals surface area contributed by atoms with E-state index >= 15 is 0 Å². The molecule has 0 N–H and O–H groups in total. The molecule has 2 aromatic carbocycles. The maximum Gasteiger partial charge on any atom is 0.257 e. The molecule has 0 unspecified atom stereocenters. The van der Waals surface area contributed by atoms with Gasteiger partial charge < -0.3 is 19.1 Å². The third-order valence-corrected chi connectivity index (χ3v) is 4.42. The number of carbonyl (C=O) groups excluding carboxylic acids is 1. The minimum atomic E-state index is -0.00974. The quantitative estimate of drug-likeness (QED) is 0.837. The Morgan fingerprint density at radius 1 is 1.04 bits per heavy atom. The maximum atomic E-state index is 13.0. The molecular formula is C20H23NO4. The summed E-state index contributed by atoms with van der Waals surface area (Å²) in [6.45, 7) is 3.67. The zero-order valence-electron chi connectivity index (χ0n) is 14.9. The molecule has 0 fully saturated rings. The Bertz CT molecular complexity index is 772. The predicted molar refractivity (Wildman–Crippen MR) is 95.6 cm³/mol. The molecule has 0 aliphatic carbocycles. The summed E-state index contributed by atoms with van der Waals surface area (Å²) in [5, 5.41) is 0. The SMILES string of the molecule is CCOc1ccccc1C(=O)N1CCc2cc(OC)c(OC)cc2C1. The average molecular weight is 341 g/mol. The van der Waals surface area contributed by atoms with E-state index in [2.05, 4.69) is 0 Å². The summed E-state index contributed by atoms with van der Waals surface area (Å²) >= 11 is 0. The Morgan fingerprint density at radius 3 is 2.40 bits per heavy atom. The van der Waals surface area contributed by atoms with E-state index in [1.165, 1.54) is 5.56 Å². The van der Waals surface area contributed by atoms with Gasteiger partial charge in [0, 0.05) is 13.1 Å². The van der Waals surface area contributed by atoms with Crippen LogP contribution in [0.1, 0.15) is 28.4 Å². The molecule has 0 bridgehead atoms. The van der Waals surface area contributed by atoms with Crippen molar-refractivity contribution in [3.8, 4) is 17.2 Å². The lowest BCUT2D eigenvalue weighted by Gasteiger charge is -2.30. The van der Waals surface area contributed by atoms with Crippen LogP contribution in [0.25, 0.3) is 0 Å². The zero-order chi connectivity index (χ0) is 17.8. The third-order valence-electron chi connectivity index (χ3n) is 4.42. The fraction of sp³-hybridized carbons (Fsp3) is 0.350. The van der Waals surface area contributed by atoms with Gasteiger partial charge in [0.2, 0.25) is 0 Å². The van der Waals surface area contributed by atoms with Gasteiger partial charge in [-0.25, -0.2) is 0 Å². The molecule has 1 aliphatic rings. The Labute approximate surface area is 148 Å². The van der Waals surface area contributed by atoms with Crippen LogP contribution >= 0.6 is 0 Å². The van der Waals surface area contributed by atoms with Crippen molar-refractivity contribution in [2.24, 2.45) is 0 Å². The van der Waals surface area contributed by atoms with Crippen molar-refractivity contribution in [2.45, 2.75) is 19.9 Å². The summed E-state index contributed by atoms with van der Waals surface area (Å²) in [7, 11) is 3.25. The lowest BCUT2D eigenvalue weighted by atomic mass is 9.98. The molecule has 5 heteroatoms. The first-order valence-electron chi connectivity index (χ1n) is 8.42. The van der Waals surface area contributed by atoms with Gasteiger partial charge in [-0.1, -0.05) is 12.1 Å². The predicted octanol–water partition coefficient (Wildman–Crippen LogP) is 3.30. The van der Waals surface area contributed by atoms with Crippen molar-refractivity contribution in [2.75, 3.05) is 27.4 Å². The smallest absolute Gasteiger partial charge is 0.257 e. The molecule has 0 saturated heterocycles. The number of benzene rings is 2. The van der Waals surface area contributed by atoms with Gasteiger partial charge in [0.05, 0.1) is 26.4 Å². The van der Waals surface area contributed by atoms with Crippen molar-refractivity contribution in [3.63, 3.8) is 0 Å². The molecule has 132 valence electrons. The second-order valence-corrected chi connectivity index (χ2v) is 5.88. The van der Waals surface area contributed by atoms with Crippen LogP contribution in [0.5, 0.6) is 17.2 Å². The molecule has 1 aliphatic heterocycles. The Hall–Kier alpha value is -2.69. The first kappa shape index (κ1) is 17.1. The Morgan fingerprint density at radius 2 is 1.72 bits per heavy atom. The number of nitrogens with zero attached hydrogens (tertiary/aromatic N) is 1. The number of rotatable bonds is 5. The lowest BCUT2D eigenvalue weighted by Crippen LogP contribution is -2.36. The first-order valence-corrected chi connectivity index (χ1v) is 8.42. The monoisotopic (exact) mass is 341 g/mol. The van der Waals surface area contributed by atoms with Crippen LogP contribution in [-0.4, -0.2) is 38.2 Å². The van der Waals surface area contributed by atoms with Gasteiger partial charge in [-0.3, -0.25) is 4.79 Å². The molecule has 0 radical (unpaired) electrons. The summed E-state index contributed by atoms with van der Waals surface area (Å²) < 4.78 is 16.4. The van der Waals surface area contributed by atoms with Gasteiger partial charge >= 0.3 is 0 Å². The maximum absolute atomic E-state index is 13.0. The number of methoxy groups -OCH3 is 2. The summed E-state index contributed by atoms with van der Waals surface area (Å²) in [4.78, 5) is 14.8. The first-order chi connectivity index (χ1) is 12.2. The average Bonchev–Trinajstić information content (AvgIpc) is 2.66. The zero-order valence-corrected chi connectivity index (χ0v) is 14.9. The van der Waals surface area contributed by atoms with Crippen LogP contribution in [0.3, 0.4) is 0 Å². The second kappa shape index (κ2) is 7.47. The van der Waals surface area contributed by atoms with Crippen molar-refractivity contribution in [1.82, 2.24) is 4.90 Å². The van der Waals surface area contributed by atoms with Gasteiger partial charge in [-0.05, 0) is 48.7 Å². The number of hydrogen-bond donors (Lipinski definition) is 0. The topological polar surface area (TPSA) is 48.0 Å². The van der Waals surface area contributed by atoms with Crippen molar-refractivity contribution in [1.29, 1.82) is 0 Å². The minimum absolute atomic E-state index is 0.00974. The molecule has 0 atom stereocenters. The molecule has 1 heterocycles. The van der Waals surface area contributed by atoms with Gasteiger partial charge in [0.25, 0.3) is 5.91 Å². The Balaban J connectivity index is 1.86. The van der Waals surface area contributed by atoms with E-state index in [-0.39, 0.29) is 5.91 Å². The highest BCUT2D eigenvalue weighted by Gasteiger charge is 2.25. The molecule has 1 amide bonds. The van der Waals surface area contributed by atoms with Crippen LogP contribution in [0, 0.1) is 0 Å². The molecule has 5 nitrogen and oxygen atoms in total. The van der Waals surface area contributed by atoms with Crippen LogP contribution in [0.15, 0.2) is 36.4 Å². The number of amides is 1. The third kappa shape index (κ3) is 3.40. The van der Waals surface area contributed by atoms with E-state index in [4.69, 9.17) is 14.2 Å². The molecule has 2 aromatic rings. The van der Waals surface area contributed by atoms with E-state index in [0.717, 1.165) is 17.7 Å². The highest BCUT2D eigenvalue weighted by atomic mass is 16.5. The summed E-state index contributed by atoms with van der Waals surface area (Å²) in [5.41, 5.74) is 2.89. The van der Waals surface area contributed by atoms with Gasteiger partial charge in [0.15, 0.2) is 11.5 Å². The van der Waals surface area contributed by atoms with Gasteiger partial charge in [-0.2, -0.15) is 0 Å².